The fraction of sp³-hybridized carbons (Fsp3) is 0.778. The molecule has 0 spiro atoms. The molecule has 0 fully saturated rings. The number of rotatable bonds is 6. The lowest BCUT2D eigenvalue weighted by Crippen LogP contribution is -2.40. The predicted molar refractivity (Wildman–Crippen MR) is 54.4 cm³/mol. The standard InChI is InChI=1S/C9H18N2O4/c1-3-11(5-4-6-12)7-8(13)10-9(14)15-2/h12H,3-7H2,1-2H3,(H,10,13,14). The second kappa shape index (κ2) is 8.19. The first-order chi connectivity index (χ1) is 7.13. The van der Waals surface area contributed by atoms with Gasteiger partial charge in [0.15, 0.2) is 0 Å². The monoisotopic (exact) mass is 218 g/mol. The van der Waals surface area contributed by atoms with Gasteiger partial charge in [0.25, 0.3) is 0 Å². The highest BCUT2D eigenvalue weighted by Gasteiger charge is 2.11. The van der Waals surface area contributed by atoms with Crippen LogP contribution in [0.5, 0.6) is 0 Å². The van der Waals surface area contributed by atoms with Crippen LogP contribution in [0, 0.1) is 0 Å². The molecule has 6 nitrogen and oxygen atoms in total. The number of methoxy groups -OCH3 is 1. The third kappa shape index (κ3) is 6.87. The minimum Gasteiger partial charge on any atom is -0.453 e. The van der Waals surface area contributed by atoms with Crippen LogP contribution in [-0.4, -0.2) is 55.4 Å². The number of amides is 2. The first kappa shape index (κ1) is 13.9. The van der Waals surface area contributed by atoms with Crippen LogP contribution in [0.2, 0.25) is 0 Å². The number of nitrogens with zero attached hydrogens (tertiary/aromatic N) is 1. The Bertz CT molecular complexity index is 208. The fourth-order valence-corrected chi connectivity index (χ4v) is 1.05. The quantitative estimate of drug-likeness (QED) is 0.632. The van der Waals surface area contributed by atoms with E-state index in [0.29, 0.717) is 19.5 Å². The van der Waals surface area contributed by atoms with E-state index >= 15 is 0 Å². The number of ether oxygens (including phenoxy) is 1. The van der Waals surface area contributed by atoms with Crippen LogP contribution < -0.4 is 5.32 Å². The molecule has 0 saturated heterocycles. The zero-order chi connectivity index (χ0) is 11.7. The number of carbonyl (C=O) groups excluding carboxylic acids is 2. The number of carbonyl (C=O) groups is 2. The van der Waals surface area contributed by atoms with Crippen molar-refractivity contribution >= 4 is 12.0 Å². The van der Waals surface area contributed by atoms with Crippen molar-refractivity contribution in [1.82, 2.24) is 10.2 Å². The molecular formula is C9H18N2O4. The summed E-state index contributed by atoms with van der Waals surface area (Å²) in [6, 6.07) is 0. The highest BCUT2D eigenvalue weighted by molar-refractivity contribution is 5.92. The van der Waals surface area contributed by atoms with E-state index in [2.05, 4.69) is 10.1 Å². The zero-order valence-corrected chi connectivity index (χ0v) is 9.15. The van der Waals surface area contributed by atoms with Gasteiger partial charge in [-0.1, -0.05) is 6.92 Å². The highest BCUT2D eigenvalue weighted by atomic mass is 16.5. The molecule has 0 atom stereocenters. The minimum atomic E-state index is -0.752. The van der Waals surface area contributed by atoms with Gasteiger partial charge in [-0.05, 0) is 13.0 Å². The average molecular weight is 218 g/mol. The van der Waals surface area contributed by atoms with Gasteiger partial charge in [0.2, 0.25) is 5.91 Å². The summed E-state index contributed by atoms with van der Waals surface area (Å²) in [6.07, 6.45) is -0.141. The Balaban J connectivity index is 3.84. The summed E-state index contributed by atoms with van der Waals surface area (Å²) in [7, 11) is 1.20. The zero-order valence-electron chi connectivity index (χ0n) is 9.15. The SMILES string of the molecule is CCN(CCCO)CC(=O)NC(=O)OC. The number of hydrogen-bond acceptors (Lipinski definition) is 5. The molecule has 0 unspecified atom stereocenters. The summed E-state index contributed by atoms with van der Waals surface area (Å²) < 4.78 is 4.29. The Hall–Kier alpha value is -1.14. The molecule has 88 valence electrons. The first-order valence-corrected chi connectivity index (χ1v) is 4.85. The normalized spacial score (nSPS) is 10.1. The Kier molecular flexibility index (Phi) is 7.57. The van der Waals surface area contributed by atoms with Crippen LogP contribution in [0.1, 0.15) is 13.3 Å². The van der Waals surface area contributed by atoms with Crippen molar-refractivity contribution in [3.8, 4) is 0 Å². The molecule has 2 N–H and O–H groups in total. The number of hydrogen-bond donors (Lipinski definition) is 2. The van der Waals surface area contributed by atoms with Gasteiger partial charge in [-0.15, -0.1) is 0 Å². The molecule has 0 heterocycles. The molecule has 0 saturated carbocycles. The van der Waals surface area contributed by atoms with E-state index in [4.69, 9.17) is 5.11 Å². The topological polar surface area (TPSA) is 78.9 Å². The van der Waals surface area contributed by atoms with E-state index in [-0.39, 0.29) is 13.2 Å². The molecule has 0 radical (unpaired) electrons. The smallest absolute Gasteiger partial charge is 0.413 e. The van der Waals surface area contributed by atoms with E-state index in [0.717, 1.165) is 0 Å². The van der Waals surface area contributed by atoms with Crippen molar-refractivity contribution in [3.05, 3.63) is 0 Å². The second-order valence-corrected chi connectivity index (χ2v) is 2.99. The fourth-order valence-electron chi connectivity index (χ4n) is 1.05. The molecule has 0 bridgehead atoms. The van der Waals surface area contributed by atoms with Gasteiger partial charge < -0.3 is 9.84 Å². The summed E-state index contributed by atoms with van der Waals surface area (Å²) >= 11 is 0. The van der Waals surface area contributed by atoms with Crippen molar-refractivity contribution in [3.63, 3.8) is 0 Å². The minimum absolute atomic E-state index is 0.0924. The molecule has 0 aromatic rings. The molecule has 6 heteroatoms. The third-order valence-electron chi connectivity index (χ3n) is 1.87. The molecule has 0 aliphatic heterocycles. The lowest BCUT2D eigenvalue weighted by atomic mass is 10.4. The van der Waals surface area contributed by atoms with Gasteiger partial charge in [0.05, 0.1) is 13.7 Å². The molecule has 0 rings (SSSR count). The van der Waals surface area contributed by atoms with E-state index < -0.39 is 12.0 Å². The number of aliphatic hydroxyl groups excluding tert-OH is 1. The van der Waals surface area contributed by atoms with Crippen LogP contribution in [0.15, 0.2) is 0 Å². The summed E-state index contributed by atoms with van der Waals surface area (Å²) in [4.78, 5) is 23.7. The van der Waals surface area contributed by atoms with Gasteiger partial charge in [-0.2, -0.15) is 0 Å². The van der Waals surface area contributed by atoms with Crippen LogP contribution in [0.3, 0.4) is 0 Å². The van der Waals surface area contributed by atoms with Crippen LogP contribution in [0.25, 0.3) is 0 Å². The van der Waals surface area contributed by atoms with Crippen molar-refractivity contribution < 1.29 is 19.4 Å². The first-order valence-electron chi connectivity index (χ1n) is 4.85. The number of imide groups is 1. The maximum absolute atomic E-state index is 11.2. The number of alkyl carbamates (subject to hydrolysis) is 1. The highest BCUT2D eigenvalue weighted by Crippen LogP contribution is 1.90. The Morgan fingerprint density at radius 1 is 1.47 bits per heavy atom. The molecule has 15 heavy (non-hydrogen) atoms. The van der Waals surface area contributed by atoms with Crippen LogP contribution in [0.4, 0.5) is 4.79 Å². The third-order valence-corrected chi connectivity index (χ3v) is 1.87. The number of likely N-dealkylation sites (N-methyl/N-ethyl adjacent to an activating group) is 1. The molecule has 0 aromatic carbocycles. The molecular weight excluding hydrogens is 200 g/mol. The van der Waals surface area contributed by atoms with E-state index in [1.807, 2.05) is 11.8 Å². The summed E-state index contributed by atoms with van der Waals surface area (Å²) in [5, 5.41) is 10.7. The lowest BCUT2D eigenvalue weighted by Gasteiger charge is -2.18. The Morgan fingerprint density at radius 3 is 2.60 bits per heavy atom. The summed E-state index contributed by atoms with van der Waals surface area (Å²) in [5.74, 6) is -0.401. The van der Waals surface area contributed by atoms with Crippen molar-refractivity contribution in [1.29, 1.82) is 0 Å². The van der Waals surface area contributed by atoms with Gasteiger partial charge in [0, 0.05) is 13.2 Å². The molecule has 2 amide bonds. The molecule has 0 aliphatic rings. The van der Waals surface area contributed by atoms with Gasteiger partial charge in [-0.3, -0.25) is 15.0 Å². The average Bonchev–Trinajstić information content (AvgIpc) is 2.23. The van der Waals surface area contributed by atoms with E-state index in [9.17, 15) is 9.59 Å². The van der Waals surface area contributed by atoms with Gasteiger partial charge in [0.1, 0.15) is 0 Å². The Labute approximate surface area is 89.2 Å². The van der Waals surface area contributed by atoms with E-state index in [1.54, 1.807) is 0 Å². The lowest BCUT2D eigenvalue weighted by molar-refractivity contribution is -0.121. The van der Waals surface area contributed by atoms with Crippen molar-refractivity contribution in [2.75, 3.05) is 33.4 Å². The maximum Gasteiger partial charge on any atom is 0.413 e. The number of nitrogens with one attached hydrogen (secondary N) is 1. The van der Waals surface area contributed by atoms with Gasteiger partial charge in [-0.25, -0.2) is 4.79 Å². The maximum atomic E-state index is 11.2. The number of aliphatic hydroxyl groups is 1. The Morgan fingerprint density at radius 2 is 2.13 bits per heavy atom. The van der Waals surface area contributed by atoms with Crippen molar-refractivity contribution in [2.45, 2.75) is 13.3 Å². The van der Waals surface area contributed by atoms with Crippen LogP contribution >= 0.6 is 0 Å². The van der Waals surface area contributed by atoms with E-state index in [1.165, 1.54) is 7.11 Å². The molecule has 0 aliphatic carbocycles. The summed E-state index contributed by atoms with van der Waals surface area (Å²) in [6.45, 7) is 3.44. The largest absolute Gasteiger partial charge is 0.453 e. The van der Waals surface area contributed by atoms with Crippen LogP contribution in [-0.2, 0) is 9.53 Å². The predicted octanol–water partition coefficient (Wildman–Crippen LogP) is -0.427. The van der Waals surface area contributed by atoms with Gasteiger partial charge >= 0.3 is 6.09 Å². The summed E-state index contributed by atoms with van der Waals surface area (Å²) in [5.41, 5.74) is 0. The van der Waals surface area contributed by atoms with Crippen molar-refractivity contribution in [2.24, 2.45) is 0 Å². The molecule has 0 aromatic heterocycles. The second-order valence-electron chi connectivity index (χ2n) is 2.99.